The fourth-order valence-corrected chi connectivity index (χ4v) is 1.61. The van der Waals surface area contributed by atoms with E-state index < -0.39 is 0 Å². The number of nitriles is 1. The van der Waals surface area contributed by atoms with Crippen LogP contribution in [-0.4, -0.2) is 22.0 Å². The third kappa shape index (κ3) is 2.61. The van der Waals surface area contributed by atoms with Crippen molar-refractivity contribution in [2.24, 2.45) is 0 Å². The minimum Gasteiger partial charge on any atom is -0.354 e. The maximum atomic E-state index is 8.86. The average Bonchev–Trinajstić information content (AvgIpc) is 2.39. The lowest BCUT2D eigenvalue weighted by Gasteiger charge is -2.18. The third-order valence-corrected chi connectivity index (χ3v) is 2.60. The van der Waals surface area contributed by atoms with Gasteiger partial charge in [0, 0.05) is 19.4 Å². The normalized spacial score (nSPS) is 9.83. The van der Waals surface area contributed by atoms with Crippen LogP contribution in [0.5, 0.6) is 0 Å². The van der Waals surface area contributed by atoms with Gasteiger partial charge in [-0.3, -0.25) is 9.97 Å². The summed E-state index contributed by atoms with van der Waals surface area (Å²) in [6, 6.07) is 5.73. The number of hydrogen-bond donors (Lipinski definition) is 0. The van der Waals surface area contributed by atoms with Crippen molar-refractivity contribution in [3.8, 4) is 6.07 Å². The fourth-order valence-electron chi connectivity index (χ4n) is 1.61. The molecule has 0 aromatic carbocycles. The van der Waals surface area contributed by atoms with Crippen LogP contribution in [-0.2, 0) is 6.54 Å². The largest absolute Gasteiger partial charge is 0.354 e. The van der Waals surface area contributed by atoms with Crippen LogP contribution >= 0.6 is 0 Å². The van der Waals surface area contributed by atoms with E-state index in [0.29, 0.717) is 12.1 Å². The van der Waals surface area contributed by atoms with Gasteiger partial charge in [-0.05, 0) is 19.1 Å². The van der Waals surface area contributed by atoms with Gasteiger partial charge in [0.25, 0.3) is 0 Å². The summed E-state index contributed by atoms with van der Waals surface area (Å²) in [6.07, 6.45) is 5.04. The number of pyridine rings is 1. The highest BCUT2D eigenvalue weighted by Gasteiger charge is 2.06. The lowest BCUT2D eigenvalue weighted by atomic mass is 10.2. The zero-order valence-corrected chi connectivity index (χ0v) is 10.3. The minimum absolute atomic E-state index is 0.603. The second-order valence-electron chi connectivity index (χ2n) is 3.97. The molecule has 5 heteroatoms. The van der Waals surface area contributed by atoms with E-state index in [4.69, 9.17) is 5.26 Å². The van der Waals surface area contributed by atoms with Gasteiger partial charge in [-0.15, -0.1) is 0 Å². The quantitative estimate of drug-likeness (QED) is 0.815. The van der Waals surface area contributed by atoms with E-state index in [9.17, 15) is 0 Å². The molecule has 0 aliphatic carbocycles. The first kappa shape index (κ1) is 12.0. The van der Waals surface area contributed by atoms with Crippen molar-refractivity contribution in [1.82, 2.24) is 15.0 Å². The molecule has 2 heterocycles. The SMILES string of the molecule is Cc1nc(N(C)Cc2cnccn2)ccc1C#N. The number of rotatable bonds is 3. The van der Waals surface area contributed by atoms with Crippen molar-refractivity contribution in [2.75, 3.05) is 11.9 Å². The highest BCUT2D eigenvalue weighted by Crippen LogP contribution is 2.14. The van der Waals surface area contributed by atoms with Crippen LogP contribution in [0.15, 0.2) is 30.7 Å². The zero-order valence-electron chi connectivity index (χ0n) is 10.3. The summed E-state index contributed by atoms with van der Waals surface area (Å²) in [7, 11) is 1.93. The minimum atomic E-state index is 0.603. The molecule has 0 amide bonds. The molecule has 0 bridgehead atoms. The maximum Gasteiger partial charge on any atom is 0.128 e. The second-order valence-corrected chi connectivity index (χ2v) is 3.97. The van der Waals surface area contributed by atoms with Crippen LogP contribution in [0.4, 0.5) is 5.82 Å². The number of nitrogens with zero attached hydrogens (tertiary/aromatic N) is 5. The molecule has 0 N–H and O–H groups in total. The second kappa shape index (κ2) is 5.23. The molecule has 18 heavy (non-hydrogen) atoms. The number of anilines is 1. The molecule has 0 aliphatic rings. The summed E-state index contributed by atoms with van der Waals surface area (Å²) in [5, 5.41) is 8.86. The Balaban J connectivity index is 2.17. The van der Waals surface area contributed by atoms with Gasteiger partial charge >= 0.3 is 0 Å². The van der Waals surface area contributed by atoms with Crippen molar-refractivity contribution >= 4 is 5.82 Å². The maximum absolute atomic E-state index is 8.86. The van der Waals surface area contributed by atoms with E-state index in [0.717, 1.165) is 17.2 Å². The summed E-state index contributed by atoms with van der Waals surface area (Å²) in [5.41, 5.74) is 2.22. The molecule has 2 rings (SSSR count). The van der Waals surface area contributed by atoms with Crippen LogP contribution in [0.1, 0.15) is 17.0 Å². The number of aryl methyl sites for hydroxylation is 1. The van der Waals surface area contributed by atoms with Crippen LogP contribution in [0.3, 0.4) is 0 Å². The molecule has 2 aromatic rings. The summed E-state index contributed by atoms with van der Waals surface area (Å²) >= 11 is 0. The molecular formula is C13H13N5. The van der Waals surface area contributed by atoms with E-state index in [1.807, 2.05) is 24.9 Å². The Kier molecular flexibility index (Phi) is 3.49. The van der Waals surface area contributed by atoms with E-state index in [1.54, 1.807) is 24.7 Å². The van der Waals surface area contributed by atoms with Gasteiger partial charge < -0.3 is 4.90 Å². The molecular weight excluding hydrogens is 226 g/mol. The van der Waals surface area contributed by atoms with Gasteiger partial charge in [0.15, 0.2) is 0 Å². The van der Waals surface area contributed by atoms with Crippen molar-refractivity contribution in [3.05, 3.63) is 47.7 Å². The van der Waals surface area contributed by atoms with Gasteiger partial charge in [0.05, 0.1) is 29.7 Å². The van der Waals surface area contributed by atoms with Crippen molar-refractivity contribution < 1.29 is 0 Å². The summed E-state index contributed by atoms with van der Waals surface area (Å²) in [6.45, 7) is 2.46. The zero-order chi connectivity index (χ0) is 13.0. The average molecular weight is 239 g/mol. The fraction of sp³-hybridized carbons (Fsp3) is 0.231. The summed E-state index contributed by atoms with van der Waals surface area (Å²) in [4.78, 5) is 14.6. The van der Waals surface area contributed by atoms with E-state index in [2.05, 4.69) is 21.0 Å². The van der Waals surface area contributed by atoms with Gasteiger partial charge in [-0.2, -0.15) is 5.26 Å². The molecule has 0 fully saturated rings. The topological polar surface area (TPSA) is 65.7 Å². The summed E-state index contributed by atoms with van der Waals surface area (Å²) in [5.74, 6) is 0.817. The lowest BCUT2D eigenvalue weighted by molar-refractivity contribution is 0.852. The Morgan fingerprint density at radius 1 is 1.33 bits per heavy atom. The molecule has 90 valence electrons. The number of aromatic nitrogens is 3. The van der Waals surface area contributed by atoms with Crippen molar-refractivity contribution in [3.63, 3.8) is 0 Å². The van der Waals surface area contributed by atoms with Crippen LogP contribution in [0.25, 0.3) is 0 Å². The third-order valence-electron chi connectivity index (χ3n) is 2.60. The molecule has 2 aromatic heterocycles. The lowest BCUT2D eigenvalue weighted by Crippen LogP contribution is -2.19. The highest BCUT2D eigenvalue weighted by atomic mass is 15.2. The Morgan fingerprint density at radius 2 is 2.17 bits per heavy atom. The molecule has 0 saturated heterocycles. The van der Waals surface area contributed by atoms with Crippen LogP contribution < -0.4 is 4.90 Å². The number of hydrogen-bond acceptors (Lipinski definition) is 5. The Hall–Kier alpha value is -2.48. The molecule has 0 aliphatic heterocycles. The highest BCUT2D eigenvalue weighted by molar-refractivity contribution is 5.44. The molecule has 0 saturated carbocycles. The predicted octanol–water partition coefficient (Wildman–Crippen LogP) is 1.69. The van der Waals surface area contributed by atoms with E-state index in [-0.39, 0.29) is 0 Å². The first-order valence-corrected chi connectivity index (χ1v) is 5.54. The Labute approximate surface area is 106 Å². The predicted molar refractivity (Wildman–Crippen MR) is 67.8 cm³/mol. The van der Waals surface area contributed by atoms with Gasteiger partial charge in [-0.1, -0.05) is 0 Å². The van der Waals surface area contributed by atoms with Crippen LogP contribution in [0, 0.1) is 18.3 Å². The molecule has 0 radical (unpaired) electrons. The molecule has 0 spiro atoms. The summed E-state index contributed by atoms with van der Waals surface area (Å²) < 4.78 is 0. The van der Waals surface area contributed by atoms with E-state index >= 15 is 0 Å². The standard InChI is InChI=1S/C13H13N5/c1-10-11(7-14)3-4-13(17-10)18(2)9-12-8-15-5-6-16-12/h3-6,8H,9H2,1-2H3. The van der Waals surface area contributed by atoms with Gasteiger partial charge in [0.2, 0.25) is 0 Å². The van der Waals surface area contributed by atoms with Crippen molar-refractivity contribution in [1.29, 1.82) is 5.26 Å². The smallest absolute Gasteiger partial charge is 0.128 e. The first-order valence-electron chi connectivity index (χ1n) is 5.54. The molecule has 5 nitrogen and oxygen atoms in total. The molecule has 0 unspecified atom stereocenters. The Morgan fingerprint density at radius 3 is 2.78 bits per heavy atom. The first-order chi connectivity index (χ1) is 8.70. The monoisotopic (exact) mass is 239 g/mol. The Bertz CT molecular complexity index is 574. The van der Waals surface area contributed by atoms with Crippen molar-refractivity contribution in [2.45, 2.75) is 13.5 Å². The van der Waals surface area contributed by atoms with E-state index in [1.165, 1.54) is 0 Å². The van der Waals surface area contributed by atoms with Crippen LogP contribution in [0.2, 0.25) is 0 Å². The van der Waals surface area contributed by atoms with Gasteiger partial charge in [-0.25, -0.2) is 4.98 Å². The molecule has 0 atom stereocenters. The van der Waals surface area contributed by atoms with Gasteiger partial charge in [0.1, 0.15) is 11.9 Å².